The summed E-state index contributed by atoms with van der Waals surface area (Å²) in [6.07, 6.45) is 5.75. The lowest BCUT2D eigenvalue weighted by Crippen LogP contribution is -2.44. The van der Waals surface area contributed by atoms with E-state index in [2.05, 4.69) is 21.5 Å². The maximum atomic E-state index is 15.9. The van der Waals surface area contributed by atoms with E-state index in [4.69, 9.17) is 11.6 Å². The Hall–Kier alpha value is -3.65. The highest BCUT2D eigenvalue weighted by molar-refractivity contribution is 6.36. The van der Waals surface area contributed by atoms with Gasteiger partial charge in [0.25, 0.3) is 0 Å². The first-order valence-corrected chi connectivity index (χ1v) is 11.2. The lowest BCUT2D eigenvalue weighted by atomic mass is 10.0. The molecule has 0 bridgehead atoms. The summed E-state index contributed by atoms with van der Waals surface area (Å²) in [6.45, 7) is 4.70. The third-order valence-corrected chi connectivity index (χ3v) is 7.11. The van der Waals surface area contributed by atoms with Gasteiger partial charge in [-0.1, -0.05) is 42.4 Å². The van der Waals surface area contributed by atoms with Crippen LogP contribution in [0.3, 0.4) is 0 Å². The molecular weight excluding hydrogens is 460 g/mol. The van der Waals surface area contributed by atoms with Crippen molar-refractivity contribution in [2.45, 2.75) is 18.5 Å². The summed E-state index contributed by atoms with van der Waals surface area (Å²) in [5.41, 5.74) is 0.0387. The second-order valence-electron chi connectivity index (χ2n) is 8.47. The zero-order chi connectivity index (χ0) is 23.6. The van der Waals surface area contributed by atoms with Gasteiger partial charge in [-0.05, 0) is 30.4 Å². The van der Waals surface area contributed by atoms with Crippen molar-refractivity contribution in [2.75, 3.05) is 18.0 Å². The Labute approximate surface area is 198 Å². The number of rotatable bonds is 3. The quantitative estimate of drug-likeness (QED) is 0.384. The van der Waals surface area contributed by atoms with Crippen LogP contribution in [0.25, 0.3) is 32.9 Å². The van der Waals surface area contributed by atoms with E-state index in [1.807, 2.05) is 4.90 Å². The van der Waals surface area contributed by atoms with Crippen LogP contribution in [-0.4, -0.2) is 44.5 Å². The number of carbonyl (C=O) groups excluding carboxylic acids is 1. The van der Waals surface area contributed by atoms with Gasteiger partial charge in [0, 0.05) is 30.2 Å². The number of pyridine rings is 1. The summed E-state index contributed by atoms with van der Waals surface area (Å²) < 4.78 is 30.1. The molecule has 6 rings (SSSR count). The highest BCUT2D eigenvalue weighted by atomic mass is 35.5. The number of amides is 1. The molecule has 170 valence electrons. The van der Waals surface area contributed by atoms with Gasteiger partial charge in [-0.15, -0.1) is 0 Å². The van der Waals surface area contributed by atoms with Gasteiger partial charge in [0.1, 0.15) is 34.8 Å². The summed E-state index contributed by atoms with van der Waals surface area (Å²) >= 11 is 6.26. The number of hydrogen-bond acceptors (Lipinski definition) is 5. The summed E-state index contributed by atoms with van der Waals surface area (Å²) in [6, 6.07) is 8.06. The predicted molar refractivity (Wildman–Crippen MR) is 126 cm³/mol. The molecule has 6 nitrogen and oxygen atoms in total. The summed E-state index contributed by atoms with van der Waals surface area (Å²) in [7, 11) is 0. The number of carbonyl (C=O) groups is 1. The van der Waals surface area contributed by atoms with Crippen molar-refractivity contribution in [3.8, 4) is 11.3 Å². The van der Waals surface area contributed by atoms with Crippen LogP contribution in [0, 0.1) is 11.6 Å². The number of anilines is 1. The van der Waals surface area contributed by atoms with Crippen LogP contribution in [0.1, 0.15) is 12.8 Å². The Morgan fingerprint density at radius 3 is 2.71 bits per heavy atom. The second kappa shape index (κ2) is 7.43. The van der Waals surface area contributed by atoms with E-state index in [0.29, 0.717) is 40.6 Å². The highest BCUT2D eigenvalue weighted by Gasteiger charge is 2.58. The van der Waals surface area contributed by atoms with E-state index in [9.17, 15) is 9.18 Å². The van der Waals surface area contributed by atoms with E-state index in [0.717, 1.165) is 12.8 Å². The number of nitrogens with zero attached hydrogens (tertiary/aromatic N) is 5. The van der Waals surface area contributed by atoms with Crippen molar-refractivity contribution in [3.63, 3.8) is 0 Å². The lowest BCUT2D eigenvalue weighted by Gasteiger charge is -2.31. The molecule has 2 aromatic heterocycles. The molecule has 0 N–H and O–H groups in total. The maximum Gasteiger partial charge on any atom is 0.247 e. The maximum absolute atomic E-state index is 15.9. The van der Waals surface area contributed by atoms with Crippen LogP contribution < -0.4 is 4.90 Å². The molecule has 0 unspecified atom stereocenters. The van der Waals surface area contributed by atoms with Crippen LogP contribution in [0.5, 0.6) is 0 Å². The fraction of sp³-hybridized carbons (Fsp3) is 0.200. The zero-order valence-corrected chi connectivity index (χ0v) is 18.7. The molecule has 1 amide bonds. The molecule has 1 spiro atoms. The van der Waals surface area contributed by atoms with E-state index < -0.39 is 17.3 Å². The molecule has 0 atom stereocenters. The van der Waals surface area contributed by atoms with Crippen LogP contribution in [0.2, 0.25) is 5.02 Å². The van der Waals surface area contributed by atoms with Gasteiger partial charge in [-0.25, -0.2) is 18.7 Å². The largest absolute Gasteiger partial charge is 0.331 e. The van der Waals surface area contributed by atoms with Crippen molar-refractivity contribution >= 4 is 45.0 Å². The molecule has 1 saturated heterocycles. The molecule has 1 aliphatic heterocycles. The molecular formula is C25H18ClF2N5O. The minimum absolute atomic E-state index is 0.0290. The Morgan fingerprint density at radius 1 is 1.12 bits per heavy atom. The molecule has 2 aliphatic rings. The molecule has 1 saturated carbocycles. The average Bonchev–Trinajstić information content (AvgIpc) is 3.55. The van der Waals surface area contributed by atoms with E-state index in [-0.39, 0.29) is 22.1 Å². The topological polar surface area (TPSA) is 62.2 Å². The Morgan fingerprint density at radius 2 is 1.94 bits per heavy atom. The van der Waals surface area contributed by atoms with Gasteiger partial charge in [0.05, 0.1) is 10.4 Å². The first-order chi connectivity index (χ1) is 16.5. The van der Waals surface area contributed by atoms with E-state index >= 15 is 4.39 Å². The summed E-state index contributed by atoms with van der Waals surface area (Å²) in [5.74, 6) is -0.835. The van der Waals surface area contributed by atoms with E-state index in [1.54, 1.807) is 29.2 Å². The van der Waals surface area contributed by atoms with E-state index in [1.165, 1.54) is 24.7 Å². The third-order valence-electron chi connectivity index (χ3n) is 6.74. The first-order valence-electron chi connectivity index (χ1n) is 10.8. The van der Waals surface area contributed by atoms with Gasteiger partial charge in [-0.3, -0.25) is 9.78 Å². The third kappa shape index (κ3) is 2.84. The first kappa shape index (κ1) is 20.9. The van der Waals surface area contributed by atoms with Crippen molar-refractivity contribution in [1.29, 1.82) is 0 Å². The molecule has 2 aromatic carbocycles. The predicted octanol–water partition coefficient (Wildman–Crippen LogP) is 5.10. The van der Waals surface area contributed by atoms with Gasteiger partial charge < -0.3 is 9.80 Å². The van der Waals surface area contributed by atoms with Gasteiger partial charge >= 0.3 is 0 Å². The SMILES string of the molecule is C=CC(=O)N1CCN(c2ncnc3c(F)c(-c4cccc5ccc(F)c(Cl)c45)ncc23)C12CC2. The number of hydrogen-bond donors (Lipinski definition) is 0. The molecule has 4 aromatic rings. The fourth-order valence-electron chi connectivity index (χ4n) is 5.03. The van der Waals surface area contributed by atoms with Gasteiger partial charge in [0.2, 0.25) is 5.91 Å². The van der Waals surface area contributed by atoms with Crippen LogP contribution in [0.4, 0.5) is 14.6 Å². The van der Waals surface area contributed by atoms with Gasteiger partial charge in [0.15, 0.2) is 5.82 Å². The molecule has 0 radical (unpaired) electrons. The van der Waals surface area contributed by atoms with Crippen molar-refractivity contribution < 1.29 is 13.6 Å². The van der Waals surface area contributed by atoms with Crippen LogP contribution >= 0.6 is 11.6 Å². The second-order valence-corrected chi connectivity index (χ2v) is 8.85. The number of halogens is 3. The monoisotopic (exact) mass is 477 g/mol. The minimum atomic E-state index is -0.642. The molecule has 2 fully saturated rings. The van der Waals surface area contributed by atoms with Gasteiger partial charge in [-0.2, -0.15) is 0 Å². The van der Waals surface area contributed by atoms with Crippen molar-refractivity contribution in [3.05, 3.63) is 72.2 Å². The normalized spacial score (nSPS) is 16.6. The Bertz CT molecular complexity index is 1520. The van der Waals surface area contributed by atoms with Crippen LogP contribution in [0.15, 0.2) is 55.5 Å². The van der Waals surface area contributed by atoms with Crippen molar-refractivity contribution in [2.24, 2.45) is 0 Å². The molecule has 3 heterocycles. The minimum Gasteiger partial charge on any atom is -0.331 e. The van der Waals surface area contributed by atoms with Crippen molar-refractivity contribution in [1.82, 2.24) is 19.9 Å². The summed E-state index contributed by atoms with van der Waals surface area (Å²) in [5, 5.41) is 1.42. The van der Waals surface area contributed by atoms with Crippen LogP contribution in [-0.2, 0) is 4.79 Å². The average molecular weight is 478 g/mol. The highest BCUT2D eigenvalue weighted by Crippen LogP contribution is 2.50. The lowest BCUT2D eigenvalue weighted by molar-refractivity contribution is -0.127. The number of aromatic nitrogens is 3. The molecule has 34 heavy (non-hydrogen) atoms. The number of benzene rings is 2. The zero-order valence-electron chi connectivity index (χ0n) is 17.9. The summed E-state index contributed by atoms with van der Waals surface area (Å²) in [4.78, 5) is 29.2. The smallest absolute Gasteiger partial charge is 0.247 e. The molecule has 1 aliphatic carbocycles. The standard InChI is InChI=1S/C25H18ClF2N5O/c1-2-18(34)32-10-11-33(25(32)8-9-25)24-16-12-29-22(21(28)23(16)30-13-31-24)15-5-3-4-14-6-7-17(27)20(26)19(14)15/h2-7,12-13H,1,8-11H2. The fourth-order valence-corrected chi connectivity index (χ4v) is 5.30. The number of fused-ring (bicyclic) bond motifs is 2. The Kier molecular flexibility index (Phi) is 4.57. The molecule has 9 heteroatoms. The Balaban J connectivity index is 1.51.